The van der Waals surface area contributed by atoms with Crippen LogP contribution < -0.4 is 16.4 Å². The summed E-state index contributed by atoms with van der Waals surface area (Å²) >= 11 is 0. The minimum absolute atomic E-state index is 0.272. The van der Waals surface area contributed by atoms with Gasteiger partial charge in [-0.05, 0) is 25.0 Å². The molecule has 0 spiro atoms. The summed E-state index contributed by atoms with van der Waals surface area (Å²) in [6, 6.07) is 4.07. The Hall–Kier alpha value is -1.82. The minimum Gasteiger partial charge on any atom is -0.396 e. The molecular weight excluding hydrogens is 242 g/mol. The fraction of sp³-hybridized carbons (Fsp3) is 0.538. The van der Waals surface area contributed by atoms with Crippen LogP contribution in [0.2, 0.25) is 0 Å². The zero-order valence-electron chi connectivity index (χ0n) is 10.9. The van der Waals surface area contributed by atoms with Gasteiger partial charge in [0.25, 0.3) is 5.91 Å². The Morgan fingerprint density at radius 2 is 1.89 bits per heavy atom. The highest BCUT2D eigenvalue weighted by Gasteiger charge is 2.31. The summed E-state index contributed by atoms with van der Waals surface area (Å²) in [5.41, 5.74) is 12.1. The van der Waals surface area contributed by atoms with Crippen LogP contribution in [0, 0.1) is 0 Å². The van der Waals surface area contributed by atoms with Crippen LogP contribution in [-0.4, -0.2) is 48.0 Å². The largest absolute Gasteiger partial charge is 0.396 e. The first-order chi connectivity index (χ1) is 9.15. The molecule has 1 saturated carbocycles. The van der Waals surface area contributed by atoms with Gasteiger partial charge >= 0.3 is 0 Å². The molecule has 3 rings (SSSR count). The lowest BCUT2D eigenvalue weighted by Gasteiger charge is -2.36. The number of nitrogens with two attached hydrogens (primary N) is 2. The quantitative estimate of drug-likeness (QED) is 0.802. The molecule has 4 N–H and O–H groups in total. The number of nitrogens with zero attached hydrogens (tertiary/aromatic N) is 3. The molecule has 0 aromatic carbocycles. The predicted octanol–water partition coefficient (Wildman–Crippen LogP) is 0.0471. The molecule has 1 aliphatic heterocycles. The molecule has 0 radical (unpaired) electrons. The van der Waals surface area contributed by atoms with Gasteiger partial charge in [0.2, 0.25) is 0 Å². The van der Waals surface area contributed by atoms with Crippen molar-refractivity contribution in [2.75, 3.05) is 36.8 Å². The fourth-order valence-electron chi connectivity index (χ4n) is 2.59. The summed E-state index contributed by atoms with van der Waals surface area (Å²) in [7, 11) is 0. The average molecular weight is 261 g/mol. The van der Waals surface area contributed by atoms with Crippen molar-refractivity contribution < 1.29 is 4.79 Å². The van der Waals surface area contributed by atoms with Gasteiger partial charge in [0.1, 0.15) is 5.69 Å². The number of nitrogen functional groups attached to an aromatic ring is 1. The monoisotopic (exact) mass is 261 g/mol. The van der Waals surface area contributed by atoms with E-state index in [1.54, 1.807) is 12.1 Å². The number of hydrogen-bond acceptors (Lipinski definition) is 5. The Bertz CT molecular complexity index is 492. The van der Waals surface area contributed by atoms with Crippen molar-refractivity contribution in [3.63, 3.8) is 0 Å². The standard InChI is InChI=1S/C13H19N5O/c14-10-3-4-11(12(15)19)16-13(10)18-7-5-17(6-8-18)9-1-2-9/h3-4,9H,1-2,5-8,14H2,(H2,15,19). The number of primary amides is 1. The summed E-state index contributed by atoms with van der Waals surface area (Å²) in [6.07, 6.45) is 2.66. The zero-order valence-corrected chi connectivity index (χ0v) is 10.9. The second kappa shape index (κ2) is 4.70. The van der Waals surface area contributed by atoms with Gasteiger partial charge in [0, 0.05) is 32.2 Å². The van der Waals surface area contributed by atoms with Crippen LogP contribution in [0.3, 0.4) is 0 Å². The van der Waals surface area contributed by atoms with Gasteiger partial charge < -0.3 is 16.4 Å². The van der Waals surface area contributed by atoms with E-state index < -0.39 is 5.91 Å². The van der Waals surface area contributed by atoms with E-state index in [1.165, 1.54) is 12.8 Å². The fourth-order valence-corrected chi connectivity index (χ4v) is 2.59. The molecule has 1 aromatic heterocycles. The molecule has 1 aliphatic carbocycles. The van der Waals surface area contributed by atoms with Crippen molar-refractivity contribution in [2.45, 2.75) is 18.9 Å². The van der Waals surface area contributed by atoms with Crippen LogP contribution in [0.25, 0.3) is 0 Å². The van der Waals surface area contributed by atoms with E-state index >= 15 is 0 Å². The van der Waals surface area contributed by atoms with Crippen LogP contribution in [0.15, 0.2) is 12.1 Å². The number of rotatable bonds is 3. The number of carbonyl (C=O) groups excluding carboxylic acids is 1. The van der Waals surface area contributed by atoms with Crippen LogP contribution in [0.4, 0.5) is 11.5 Å². The molecular formula is C13H19N5O. The topological polar surface area (TPSA) is 88.5 Å². The lowest BCUT2D eigenvalue weighted by Crippen LogP contribution is -2.47. The lowest BCUT2D eigenvalue weighted by molar-refractivity contribution is 0.0995. The smallest absolute Gasteiger partial charge is 0.267 e. The highest BCUT2D eigenvalue weighted by Crippen LogP contribution is 2.29. The summed E-state index contributed by atoms with van der Waals surface area (Å²) in [5.74, 6) is 0.171. The van der Waals surface area contributed by atoms with Gasteiger partial charge in [-0.25, -0.2) is 4.98 Å². The molecule has 2 fully saturated rings. The van der Waals surface area contributed by atoms with Gasteiger partial charge in [-0.3, -0.25) is 9.69 Å². The summed E-state index contributed by atoms with van der Waals surface area (Å²) in [5, 5.41) is 0. The molecule has 1 aromatic rings. The number of hydrogen-bond donors (Lipinski definition) is 2. The van der Waals surface area contributed by atoms with E-state index in [2.05, 4.69) is 14.8 Å². The maximum Gasteiger partial charge on any atom is 0.267 e. The summed E-state index contributed by atoms with van der Waals surface area (Å²) in [6.45, 7) is 3.87. The third kappa shape index (κ3) is 2.49. The third-order valence-electron chi connectivity index (χ3n) is 3.83. The van der Waals surface area contributed by atoms with Crippen molar-refractivity contribution in [2.24, 2.45) is 5.73 Å². The van der Waals surface area contributed by atoms with E-state index in [0.717, 1.165) is 32.2 Å². The SMILES string of the molecule is NC(=O)c1ccc(N)c(N2CCN(C3CC3)CC2)n1. The van der Waals surface area contributed by atoms with E-state index in [9.17, 15) is 4.79 Å². The maximum atomic E-state index is 11.2. The van der Waals surface area contributed by atoms with Crippen molar-refractivity contribution in [3.05, 3.63) is 17.8 Å². The highest BCUT2D eigenvalue weighted by atomic mass is 16.1. The van der Waals surface area contributed by atoms with E-state index in [4.69, 9.17) is 11.5 Å². The average Bonchev–Trinajstić information content (AvgIpc) is 3.23. The molecule has 6 heteroatoms. The van der Waals surface area contributed by atoms with Crippen LogP contribution in [0.5, 0.6) is 0 Å². The van der Waals surface area contributed by atoms with Crippen LogP contribution >= 0.6 is 0 Å². The first-order valence-corrected chi connectivity index (χ1v) is 6.70. The second-order valence-corrected chi connectivity index (χ2v) is 5.23. The number of amides is 1. The van der Waals surface area contributed by atoms with E-state index in [0.29, 0.717) is 11.5 Å². The minimum atomic E-state index is -0.516. The zero-order chi connectivity index (χ0) is 13.4. The van der Waals surface area contributed by atoms with Crippen molar-refractivity contribution in [3.8, 4) is 0 Å². The molecule has 1 saturated heterocycles. The van der Waals surface area contributed by atoms with E-state index in [1.807, 2.05) is 0 Å². The Morgan fingerprint density at radius 3 is 2.47 bits per heavy atom. The number of anilines is 2. The number of pyridine rings is 1. The van der Waals surface area contributed by atoms with Crippen molar-refractivity contribution >= 4 is 17.4 Å². The van der Waals surface area contributed by atoms with E-state index in [-0.39, 0.29) is 5.69 Å². The Labute approximate surface area is 112 Å². The molecule has 2 heterocycles. The lowest BCUT2D eigenvalue weighted by atomic mass is 10.2. The normalized spacial score (nSPS) is 20.5. The number of carbonyl (C=O) groups is 1. The molecule has 0 atom stereocenters. The molecule has 2 aliphatic rings. The van der Waals surface area contributed by atoms with Gasteiger partial charge in [0.15, 0.2) is 5.82 Å². The Balaban J connectivity index is 1.74. The highest BCUT2D eigenvalue weighted by molar-refractivity contribution is 5.91. The molecule has 19 heavy (non-hydrogen) atoms. The second-order valence-electron chi connectivity index (χ2n) is 5.23. The molecule has 0 bridgehead atoms. The molecule has 102 valence electrons. The Morgan fingerprint density at radius 1 is 1.21 bits per heavy atom. The van der Waals surface area contributed by atoms with Gasteiger partial charge in [-0.2, -0.15) is 0 Å². The van der Waals surface area contributed by atoms with Crippen LogP contribution in [0.1, 0.15) is 23.3 Å². The molecule has 1 amide bonds. The maximum absolute atomic E-state index is 11.2. The third-order valence-corrected chi connectivity index (χ3v) is 3.83. The predicted molar refractivity (Wildman–Crippen MR) is 74.0 cm³/mol. The van der Waals surface area contributed by atoms with Gasteiger partial charge in [0.05, 0.1) is 5.69 Å². The van der Waals surface area contributed by atoms with Crippen molar-refractivity contribution in [1.82, 2.24) is 9.88 Å². The van der Waals surface area contributed by atoms with Crippen LogP contribution in [-0.2, 0) is 0 Å². The first-order valence-electron chi connectivity index (χ1n) is 6.70. The number of aromatic nitrogens is 1. The molecule has 6 nitrogen and oxygen atoms in total. The first kappa shape index (κ1) is 12.2. The van der Waals surface area contributed by atoms with Gasteiger partial charge in [-0.1, -0.05) is 0 Å². The summed E-state index contributed by atoms with van der Waals surface area (Å²) < 4.78 is 0. The van der Waals surface area contributed by atoms with Crippen molar-refractivity contribution in [1.29, 1.82) is 0 Å². The number of piperazine rings is 1. The summed E-state index contributed by atoms with van der Waals surface area (Å²) in [4.78, 5) is 20.1. The Kier molecular flexibility index (Phi) is 3.02. The van der Waals surface area contributed by atoms with Gasteiger partial charge in [-0.15, -0.1) is 0 Å². The molecule has 0 unspecified atom stereocenters.